The van der Waals surface area contributed by atoms with E-state index in [4.69, 9.17) is 9.15 Å². The van der Waals surface area contributed by atoms with Crippen LogP contribution in [0.4, 0.5) is 0 Å². The van der Waals surface area contributed by atoms with Crippen molar-refractivity contribution in [1.82, 2.24) is 4.90 Å². The van der Waals surface area contributed by atoms with E-state index in [0.717, 1.165) is 24.0 Å². The molecule has 0 N–H and O–H groups in total. The Bertz CT molecular complexity index is 692. The Kier molecular flexibility index (Phi) is 3.97. The van der Waals surface area contributed by atoms with E-state index in [-0.39, 0.29) is 5.63 Å². The Hall–Kier alpha value is -1.81. The quantitative estimate of drug-likeness (QED) is 0.813. The molecule has 1 unspecified atom stereocenters. The highest BCUT2D eigenvalue weighted by Gasteiger charge is 2.19. The van der Waals surface area contributed by atoms with Gasteiger partial charge in [0.15, 0.2) is 0 Å². The Morgan fingerprint density at radius 2 is 2.19 bits per heavy atom. The lowest BCUT2D eigenvalue weighted by Crippen LogP contribution is -2.36. The lowest BCUT2D eigenvalue weighted by atomic mass is 10.0. The molecule has 21 heavy (non-hydrogen) atoms. The fourth-order valence-corrected chi connectivity index (χ4v) is 3.08. The van der Waals surface area contributed by atoms with Gasteiger partial charge in [0.1, 0.15) is 11.3 Å². The molecular weight excluding hydrogens is 266 g/mol. The maximum Gasteiger partial charge on any atom is 0.336 e. The lowest BCUT2D eigenvalue weighted by molar-refractivity contribution is 0.153. The van der Waals surface area contributed by atoms with Crippen LogP contribution in [0.15, 0.2) is 33.5 Å². The van der Waals surface area contributed by atoms with Gasteiger partial charge in [-0.05, 0) is 44.0 Å². The second-order valence-electron chi connectivity index (χ2n) is 5.77. The molecule has 1 aliphatic heterocycles. The highest BCUT2D eigenvalue weighted by molar-refractivity contribution is 5.81. The van der Waals surface area contributed by atoms with Crippen molar-refractivity contribution in [2.45, 2.75) is 38.8 Å². The van der Waals surface area contributed by atoms with Gasteiger partial charge < -0.3 is 9.15 Å². The molecule has 0 radical (unpaired) electrons. The van der Waals surface area contributed by atoms with Gasteiger partial charge in [-0.1, -0.05) is 6.42 Å². The molecule has 1 saturated heterocycles. The number of fused-ring (bicyclic) bond motifs is 1. The van der Waals surface area contributed by atoms with Crippen molar-refractivity contribution in [1.29, 1.82) is 0 Å². The Balaban J connectivity index is 1.99. The summed E-state index contributed by atoms with van der Waals surface area (Å²) in [5.74, 6) is 0.703. The molecule has 112 valence electrons. The Labute approximate surface area is 124 Å². The molecular formula is C17H21NO3. The maximum absolute atomic E-state index is 11.8. The van der Waals surface area contributed by atoms with Crippen LogP contribution >= 0.6 is 0 Å². The second-order valence-corrected chi connectivity index (χ2v) is 5.77. The number of piperidine rings is 1. The van der Waals surface area contributed by atoms with Crippen LogP contribution in [0, 0.1) is 0 Å². The second kappa shape index (κ2) is 5.90. The van der Waals surface area contributed by atoms with Crippen LogP contribution < -0.4 is 10.4 Å². The van der Waals surface area contributed by atoms with Crippen molar-refractivity contribution in [3.8, 4) is 5.75 Å². The molecule has 4 nitrogen and oxygen atoms in total. The number of hydrogen-bond donors (Lipinski definition) is 0. The predicted octanol–water partition coefficient (Wildman–Crippen LogP) is 3.18. The van der Waals surface area contributed by atoms with Crippen LogP contribution in [0.5, 0.6) is 5.75 Å². The molecule has 0 amide bonds. The van der Waals surface area contributed by atoms with E-state index in [2.05, 4.69) is 11.8 Å². The number of likely N-dealkylation sites (tertiary alicyclic amines) is 1. The summed E-state index contributed by atoms with van der Waals surface area (Å²) in [5.41, 5.74) is 1.34. The monoisotopic (exact) mass is 287 g/mol. The molecule has 1 aliphatic rings. The number of methoxy groups -OCH3 is 1. The average Bonchev–Trinajstić information content (AvgIpc) is 2.48. The van der Waals surface area contributed by atoms with Crippen LogP contribution in [0.25, 0.3) is 11.0 Å². The van der Waals surface area contributed by atoms with E-state index in [9.17, 15) is 4.79 Å². The standard InChI is InChI=1S/C17H21NO3/c1-12-5-3-4-8-18(12)11-13-9-17(19)21-16-10-14(20-2)6-7-15(13)16/h6-7,9-10,12H,3-5,8,11H2,1-2H3. The lowest BCUT2D eigenvalue weighted by Gasteiger charge is -2.33. The highest BCUT2D eigenvalue weighted by Crippen LogP contribution is 2.25. The molecule has 2 heterocycles. The minimum absolute atomic E-state index is 0.296. The summed E-state index contributed by atoms with van der Waals surface area (Å²) in [6.45, 7) is 4.16. The van der Waals surface area contributed by atoms with Crippen molar-refractivity contribution in [2.75, 3.05) is 13.7 Å². The van der Waals surface area contributed by atoms with E-state index in [1.54, 1.807) is 19.2 Å². The number of benzene rings is 1. The van der Waals surface area contributed by atoms with E-state index in [1.807, 2.05) is 12.1 Å². The maximum atomic E-state index is 11.8. The van der Waals surface area contributed by atoms with Gasteiger partial charge in [0, 0.05) is 30.1 Å². The molecule has 4 heteroatoms. The van der Waals surface area contributed by atoms with Crippen molar-refractivity contribution in [2.24, 2.45) is 0 Å². The van der Waals surface area contributed by atoms with Crippen LogP contribution in [-0.4, -0.2) is 24.6 Å². The van der Waals surface area contributed by atoms with Crippen LogP contribution in [0.1, 0.15) is 31.7 Å². The minimum atomic E-state index is -0.296. The summed E-state index contributed by atoms with van der Waals surface area (Å²) in [4.78, 5) is 14.2. The highest BCUT2D eigenvalue weighted by atomic mass is 16.5. The largest absolute Gasteiger partial charge is 0.497 e. The Morgan fingerprint density at radius 1 is 1.33 bits per heavy atom. The molecule has 1 fully saturated rings. The average molecular weight is 287 g/mol. The first-order valence-corrected chi connectivity index (χ1v) is 7.52. The number of rotatable bonds is 3. The van der Waals surface area contributed by atoms with E-state index < -0.39 is 0 Å². The third-order valence-corrected chi connectivity index (χ3v) is 4.35. The first-order chi connectivity index (χ1) is 10.2. The van der Waals surface area contributed by atoms with Gasteiger partial charge >= 0.3 is 5.63 Å². The van der Waals surface area contributed by atoms with E-state index >= 15 is 0 Å². The fraction of sp³-hybridized carbons (Fsp3) is 0.471. The summed E-state index contributed by atoms with van der Waals surface area (Å²) in [6, 6.07) is 7.85. The van der Waals surface area contributed by atoms with Crippen LogP contribution in [-0.2, 0) is 6.54 Å². The third kappa shape index (κ3) is 2.95. The molecule has 0 bridgehead atoms. The summed E-state index contributed by atoms with van der Waals surface area (Å²) < 4.78 is 10.5. The van der Waals surface area contributed by atoms with E-state index in [1.165, 1.54) is 19.3 Å². The van der Waals surface area contributed by atoms with Gasteiger partial charge in [0.2, 0.25) is 0 Å². The zero-order valence-electron chi connectivity index (χ0n) is 12.6. The zero-order chi connectivity index (χ0) is 14.8. The molecule has 0 saturated carbocycles. The van der Waals surface area contributed by atoms with Crippen LogP contribution in [0.3, 0.4) is 0 Å². The van der Waals surface area contributed by atoms with Gasteiger partial charge in [-0.25, -0.2) is 4.79 Å². The topological polar surface area (TPSA) is 42.7 Å². The summed E-state index contributed by atoms with van der Waals surface area (Å²) >= 11 is 0. The molecule has 1 atom stereocenters. The number of nitrogens with zero attached hydrogens (tertiary/aromatic N) is 1. The summed E-state index contributed by atoms with van der Waals surface area (Å²) in [6.07, 6.45) is 3.76. The van der Waals surface area contributed by atoms with Gasteiger partial charge in [0.05, 0.1) is 7.11 Å². The number of ether oxygens (including phenoxy) is 1. The molecule has 3 rings (SSSR count). The summed E-state index contributed by atoms with van der Waals surface area (Å²) in [7, 11) is 1.61. The smallest absolute Gasteiger partial charge is 0.336 e. The molecule has 1 aromatic carbocycles. The SMILES string of the molecule is COc1ccc2c(CN3CCCCC3C)cc(=O)oc2c1. The fourth-order valence-electron chi connectivity index (χ4n) is 3.08. The van der Waals surface area contributed by atoms with Crippen LogP contribution in [0.2, 0.25) is 0 Å². The van der Waals surface area contributed by atoms with Gasteiger partial charge in [-0.3, -0.25) is 4.90 Å². The molecule has 0 aliphatic carbocycles. The normalized spacial score (nSPS) is 19.8. The zero-order valence-corrected chi connectivity index (χ0v) is 12.6. The third-order valence-electron chi connectivity index (χ3n) is 4.35. The first-order valence-electron chi connectivity index (χ1n) is 7.52. The molecule has 0 spiro atoms. The van der Waals surface area contributed by atoms with Crippen molar-refractivity contribution >= 4 is 11.0 Å². The van der Waals surface area contributed by atoms with Gasteiger partial charge in [-0.15, -0.1) is 0 Å². The predicted molar refractivity (Wildman–Crippen MR) is 82.8 cm³/mol. The molecule has 2 aromatic rings. The first kappa shape index (κ1) is 14.1. The van der Waals surface area contributed by atoms with Crippen molar-refractivity contribution < 1.29 is 9.15 Å². The number of hydrogen-bond acceptors (Lipinski definition) is 4. The van der Waals surface area contributed by atoms with Gasteiger partial charge in [0.25, 0.3) is 0 Å². The van der Waals surface area contributed by atoms with E-state index in [0.29, 0.717) is 17.4 Å². The minimum Gasteiger partial charge on any atom is -0.497 e. The van der Waals surface area contributed by atoms with Gasteiger partial charge in [-0.2, -0.15) is 0 Å². The van der Waals surface area contributed by atoms with Crippen molar-refractivity contribution in [3.05, 3.63) is 40.2 Å². The Morgan fingerprint density at radius 3 is 2.95 bits per heavy atom. The molecule has 1 aromatic heterocycles. The van der Waals surface area contributed by atoms with Crippen molar-refractivity contribution in [3.63, 3.8) is 0 Å². The summed E-state index contributed by atoms with van der Waals surface area (Å²) in [5, 5.41) is 0.994.